The highest BCUT2D eigenvalue weighted by molar-refractivity contribution is 6.36. The van der Waals surface area contributed by atoms with Crippen molar-refractivity contribution in [3.8, 4) is 23.0 Å². The lowest BCUT2D eigenvalue weighted by Gasteiger charge is -2.42. The fourth-order valence-electron chi connectivity index (χ4n) is 5.97. The van der Waals surface area contributed by atoms with Crippen molar-refractivity contribution in [1.82, 2.24) is 5.32 Å². The number of nitrogens with one attached hydrogen (secondary N) is 1. The molecule has 2 aromatic rings. The van der Waals surface area contributed by atoms with E-state index in [9.17, 15) is 19.2 Å². The molecule has 0 amide bonds. The van der Waals surface area contributed by atoms with Crippen LogP contribution in [0.5, 0.6) is 23.0 Å². The summed E-state index contributed by atoms with van der Waals surface area (Å²) in [6.45, 7) is 3.12. The van der Waals surface area contributed by atoms with Crippen molar-refractivity contribution < 1.29 is 47.6 Å². The first kappa shape index (κ1) is 30.0. The van der Waals surface area contributed by atoms with E-state index >= 15 is 0 Å². The first-order valence-corrected chi connectivity index (χ1v) is 13.7. The summed E-state index contributed by atoms with van der Waals surface area (Å²) >= 11 is 6.58. The third-order valence-electron chi connectivity index (χ3n) is 8.03. The molecule has 1 N–H and O–H groups in total. The molecule has 2 aliphatic heterocycles. The number of rotatable bonds is 7. The second kappa shape index (κ2) is 11.3. The third-order valence-corrected chi connectivity index (χ3v) is 8.39. The molecule has 11 nitrogen and oxygen atoms in total. The van der Waals surface area contributed by atoms with Gasteiger partial charge in [-0.2, -0.15) is 0 Å². The Morgan fingerprint density at radius 1 is 1.05 bits per heavy atom. The molecule has 0 saturated heterocycles. The maximum absolute atomic E-state index is 14.8. The van der Waals surface area contributed by atoms with Crippen LogP contribution in [0.25, 0.3) is 0 Å². The maximum atomic E-state index is 14.8. The topological polar surface area (TPSA) is 136 Å². The molecular formula is C31H30ClNO10. The van der Waals surface area contributed by atoms with Crippen LogP contribution in [0.2, 0.25) is 5.02 Å². The summed E-state index contributed by atoms with van der Waals surface area (Å²) in [4.78, 5) is 54.0. The van der Waals surface area contributed by atoms with Crippen LogP contribution in [-0.4, -0.2) is 64.2 Å². The normalized spacial score (nSPS) is 22.4. The van der Waals surface area contributed by atoms with Gasteiger partial charge in [0.15, 0.2) is 12.4 Å². The Hall–Kier alpha value is -4.51. The summed E-state index contributed by atoms with van der Waals surface area (Å²) in [7, 11) is 5.29. The van der Waals surface area contributed by atoms with E-state index in [0.717, 1.165) is 0 Å². The molecule has 3 atom stereocenters. The van der Waals surface area contributed by atoms with Crippen molar-refractivity contribution >= 4 is 35.1 Å². The van der Waals surface area contributed by atoms with Gasteiger partial charge < -0.3 is 33.7 Å². The number of Topliss-reactive ketones (excluding diaryl/α,β-unsaturated/α-hetero) is 2. The number of benzene rings is 2. The summed E-state index contributed by atoms with van der Waals surface area (Å²) in [5, 5.41) is 3.24. The van der Waals surface area contributed by atoms with Gasteiger partial charge in [0.2, 0.25) is 17.2 Å². The summed E-state index contributed by atoms with van der Waals surface area (Å²) in [6.07, 6.45) is 0.235. The van der Waals surface area contributed by atoms with Crippen LogP contribution in [0.4, 0.5) is 0 Å². The van der Waals surface area contributed by atoms with Gasteiger partial charge in [0.05, 0.1) is 34.0 Å². The van der Waals surface area contributed by atoms with Crippen molar-refractivity contribution in [3.05, 3.63) is 69.0 Å². The van der Waals surface area contributed by atoms with E-state index in [4.69, 9.17) is 35.3 Å². The van der Waals surface area contributed by atoms with E-state index < -0.39 is 40.9 Å². The van der Waals surface area contributed by atoms with Crippen LogP contribution < -0.4 is 24.3 Å². The van der Waals surface area contributed by atoms with E-state index in [1.165, 1.54) is 34.5 Å². The fourth-order valence-corrected chi connectivity index (χ4v) is 6.24. The van der Waals surface area contributed by atoms with E-state index in [0.29, 0.717) is 22.7 Å². The molecule has 0 aromatic heterocycles. The van der Waals surface area contributed by atoms with E-state index in [-0.39, 0.29) is 52.0 Å². The predicted molar refractivity (Wildman–Crippen MR) is 153 cm³/mol. The number of hydrogen-bond acceptors (Lipinski definition) is 11. The molecule has 0 fully saturated rings. The first-order valence-electron chi connectivity index (χ1n) is 13.4. The molecule has 226 valence electrons. The minimum atomic E-state index is -1.99. The Bertz CT molecular complexity index is 1630. The van der Waals surface area contributed by atoms with Crippen LogP contribution in [0.3, 0.4) is 0 Å². The fraction of sp³-hybridized carbons (Fsp3) is 0.355. The lowest BCUT2D eigenvalue weighted by molar-refractivity contribution is -0.143. The van der Waals surface area contributed by atoms with Gasteiger partial charge in [0, 0.05) is 34.9 Å². The minimum Gasteiger partial charge on any atom is -0.496 e. The Kier molecular flexibility index (Phi) is 7.87. The standard InChI is InChI=1S/C31H30ClNO10/c1-14-10-18-24(28(35)31(14)29(36)25-19(38-3)12-20(39-4)26(32)27(25)43-31)23(22(15(2)33-18)30(37)41-6)16-8-7-9-17(11-16)42-13-21(34)40-5/h7-9,11-12,14,23,33H,10,13H2,1-6H3/t14-,23-,31+/m1/s1. The van der Waals surface area contributed by atoms with E-state index in [1.807, 2.05) is 0 Å². The molecule has 0 saturated carbocycles. The van der Waals surface area contributed by atoms with Gasteiger partial charge in [0.1, 0.15) is 27.8 Å². The number of allylic oxidation sites excluding steroid dienone is 2. The maximum Gasteiger partial charge on any atom is 0.343 e. The largest absolute Gasteiger partial charge is 0.496 e. The summed E-state index contributed by atoms with van der Waals surface area (Å²) < 4.78 is 32.5. The molecule has 12 heteroatoms. The van der Waals surface area contributed by atoms with Gasteiger partial charge in [-0.25, -0.2) is 9.59 Å². The average molecular weight is 612 g/mol. The Morgan fingerprint density at radius 2 is 1.77 bits per heavy atom. The van der Waals surface area contributed by atoms with Gasteiger partial charge in [-0.15, -0.1) is 0 Å². The molecule has 0 bridgehead atoms. The van der Waals surface area contributed by atoms with E-state index in [2.05, 4.69) is 10.1 Å². The van der Waals surface area contributed by atoms with E-state index in [1.54, 1.807) is 38.1 Å². The van der Waals surface area contributed by atoms with Gasteiger partial charge in [-0.3, -0.25) is 9.59 Å². The van der Waals surface area contributed by atoms with Crippen LogP contribution in [0.1, 0.15) is 42.1 Å². The number of halogens is 1. The SMILES string of the molecule is COC(=O)COc1cccc([C@@H]2C(C(=O)OC)=C(C)NC3=C2C(=O)[C@@]2(Oc4c(Cl)c(OC)cc(OC)c4C2=O)[C@H](C)C3)c1. The van der Waals surface area contributed by atoms with Crippen molar-refractivity contribution in [3.63, 3.8) is 0 Å². The monoisotopic (exact) mass is 611 g/mol. The number of methoxy groups -OCH3 is 4. The smallest absolute Gasteiger partial charge is 0.343 e. The number of hydrogen-bond donors (Lipinski definition) is 1. The van der Waals surface area contributed by atoms with Crippen molar-refractivity contribution in [2.75, 3.05) is 35.0 Å². The highest BCUT2D eigenvalue weighted by Crippen LogP contribution is 2.56. The quantitative estimate of drug-likeness (QED) is 0.360. The highest BCUT2D eigenvalue weighted by atomic mass is 35.5. The first-order chi connectivity index (χ1) is 20.5. The van der Waals surface area contributed by atoms with Crippen LogP contribution in [-0.2, 0) is 23.9 Å². The molecule has 1 aliphatic carbocycles. The van der Waals surface area contributed by atoms with Gasteiger partial charge in [-0.05, 0) is 31.0 Å². The molecule has 0 radical (unpaired) electrons. The van der Waals surface area contributed by atoms with Crippen molar-refractivity contribution in [2.45, 2.75) is 31.8 Å². The number of carbonyl (C=O) groups excluding carboxylic acids is 4. The lowest BCUT2D eigenvalue weighted by Crippen LogP contribution is -2.58. The number of ether oxygens (including phenoxy) is 6. The number of ketones is 2. The zero-order chi connectivity index (χ0) is 31.2. The molecular weight excluding hydrogens is 582 g/mol. The van der Waals surface area contributed by atoms with Gasteiger partial charge >= 0.3 is 11.9 Å². The average Bonchev–Trinajstić information content (AvgIpc) is 3.32. The molecule has 2 heterocycles. The predicted octanol–water partition coefficient (Wildman–Crippen LogP) is 3.92. The van der Waals surface area contributed by atoms with Crippen molar-refractivity contribution in [1.29, 1.82) is 0 Å². The zero-order valence-electron chi connectivity index (χ0n) is 24.4. The molecule has 5 rings (SSSR count). The second-order valence-corrected chi connectivity index (χ2v) is 10.7. The summed E-state index contributed by atoms with van der Waals surface area (Å²) in [6, 6.07) is 8.11. The zero-order valence-corrected chi connectivity index (χ0v) is 25.2. The number of fused-ring (bicyclic) bond motifs is 1. The minimum absolute atomic E-state index is 0.00874. The molecule has 0 unspecified atom stereocenters. The summed E-state index contributed by atoms with van der Waals surface area (Å²) in [5.41, 5.74) is -0.0889. The Morgan fingerprint density at radius 3 is 2.42 bits per heavy atom. The number of dihydropyridines is 1. The lowest BCUT2D eigenvalue weighted by atomic mass is 9.65. The Labute approximate surface area is 252 Å². The van der Waals surface area contributed by atoms with Crippen LogP contribution >= 0.6 is 11.6 Å². The van der Waals surface area contributed by atoms with Crippen molar-refractivity contribution in [2.24, 2.45) is 5.92 Å². The Balaban J connectivity index is 1.67. The van der Waals surface area contributed by atoms with Gasteiger partial charge in [-0.1, -0.05) is 30.7 Å². The number of esters is 2. The molecule has 2 aromatic carbocycles. The second-order valence-electron chi connectivity index (χ2n) is 10.3. The summed E-state index contributed by atoms with van der Waals surface area (Å²) in [5.74, 6) is -3.42. The van der Waals surface area contributed by atoms with Crippen LogP contribution in [0, 0.1) is 5.92 Å². The highest BCUT2D eigenvalue weighted by Gasteiger charge is 2.63. The molecule has 1 spiro atoms. The molecule has 3 aliphatic rings. The molecule has 43 heavy (non-hydrogen) atoms. The number of carbonyl (C=O) groups is 4. The third kappa shape index (κ3) is 4.58. The van der Waals surface area contributed by atoms with Crippen LogP contribution in [0.15, 0.2) is 52.9 Å². The van der Waals surface area contributed by atoms with Gasteiger partial charge in [0.25, 0.3) is 0 Å².